The van der Waals surface area contributed by atoms with Crippen LogP contribution in [0.2, 0.25) is 0 Å². The van der Waals surface area contributed by atoms with Gasteiger partial charge in [-0.25, -0.2) is 4.98 Å². The molecule has 2 nitrogen and oxygen atoms in total. The molecule has 0 N–H and O–H groups in total. The monoisotopic (exact) mass is 291 g/mol. The minimum atomic E-state index is 0.538. The Morgan fingerprint density at radius 1 is 1.24 bits per heavy atom. The molecule has 2 aromatic rings. The molecule has 0 saturated heterocycles. The highest BCUT2D eigenvalue weighted by Gasteiger charge is 2.22. The van der Waals surface area contributed by atoms with E-state index < -0.39 is 0 Å². The summed E-state index contributed by atoms with van der Waals surface area (Å²) in [4.78, 5) is 4.62. The van der Waals surface area contributed by atoms with Gasteiger partial charge in [0.1, 0.15) is 12.0 Å². The maximum atomic E-state index is 5.62. The van der Waals surface area contributed by atoms with Gasteiger partial charge in [-0.3, -0.25) is 0 Å². The summed E-state index contributed by atoms with van der Waals surface area (Å²) in [6, 6.07) is 8.15. The summed E-state index contributed by atoms with van der Waals surface area (Å²) in [6.45, 7) is 0. The number of halogens is 1. The lowest BCUT2D eigenvalue weighted by Gasteiger charge is -2.01. The Balaban J connectivity index is 1.89. The summed E-state index contributed by atoms with van der Waals surface area (Å²) in [5, 5.41) is 0. The van der Waals surface area contributed by atoms with E-state index in [0.29, 0.717) is 5.92 Å². The molecule has 0 bridgehead atoms. The summed E-state index contributed by atoms with van der Waals surface area (Å²) < 4.78 is 6.69. The first-order valence-electron chi connectivity index (χ1n) is 6.04. The summed E-state index contributed by atoms with van der Waals surface area (Å²) in [6.07, 6.45) is 6.82. The van der Waals surface area contributed by atoms with E-state index in [2.05, 4.69) is 33.0 Å². The average molecular weight is 292 g/mol. The normalized spacial score (nSPS) is 16.5. The summed E-state index contributed by atoms with van der Waals surface area (Å²) in [5.41, 5.74) is 2.04. The van der Waals surface area contributed by atoms with Crippen LogP contribution >= 0.6 is 15.9 Å². The molecule has 17 heavy (non-hydrogen) atoms. The van der Waals surface area contributed by atoms with Crippen LogP contribution in [0.4, 0.5) is 0 Å². The maximum Gasteiger partial charge on any atom is 0.197 e. The quantitative estimate of drug-likeness (QED) is 0.797. The van der Waals surface area contributed by atoms with Gasteiger partial charge in [-0.05, 0) is 25.0 Å². The van der Waals surface area contributed by atoms with Crippen molar-refractivity contribution in [3.8, 4) is 11.3 Å². The van der Waals surface area contributed by atoms with Crippen molar-refractivity contribution in [2.75, 3.05) is 0 Å². The predicted octanol–water partition coefficient (Wildman–Crippen LogP) is 4.76. The second-order valence-corrected chi connectivity index (χ2v) is 5.48. The van der Waals surface area contributed by atoms with Gasteiger partial charge in [-0.1, -0.05) is 40.9 Å². The van der Waals surface area contributed by atoms with Gasteiger partial charge in [0.05, 0.1) is 0 Å². The molecule has 1 saturated carbocycles. The van der Waals surface area contributed by atoms with Gasteiger partial charge in [0.2, 0.25) is 0 Å². The molecule has 0 atom stereocenters. The molecule has 0 aliphatic heterocycles. The van der Waals surface area contributed by atoms with Crippen LogP contribution in [0.3, 0.4) is 0 Å². The van der Waals surface area contributed by atoms with Gasteiger partial charge in [-0.15, -0.1) is 0 Å². The Kier molecular flexibility index (Phi) is 3.02. The number of hydrogen-bond donors (Lipinski definition) is 0. The molecule has 1 heterocycles. The predicted molar refractivity (Wildman–Crippen MR) is 70.8 cm³/mol. The van der Waals surface area contributed by atoms with Crippen molar-refractivity contribution in [3.05, 3.63) is 40.9 Å². The van der Waals surface area contributed by atoms with Gasteiger partial charge < -0.3 is 4.42 Å². The minimum Gasteiger partial charge on any atom is -0.448 e. The second-order valence-electron chi connectivity index (χ2n) is 4.56. The molecule has 0 amide bonds. The lowest BCUT2D eigenvalue weighted by Crippen LogP contribution is -1.91. The Labute approximate surface area is 109 Å². The van der Waals surface area contributed by atoms with Crippen LogP contribution in [0.1, 0.15) is 37.5 Å². The molecule has 1 aliphatic rings. The number of aromatic nitrogens is 1. The molecule has 1 aromatic carbocycles. The molecule has 1 aliphatic carbocycles. The Morgan fingerprint density at radius 3 is 2.82 bits per heavy atom. The molecular weight excluding hydrogens is 278 g/mol. The molecule has 1 aromatic heterocycles. The van der Waals surface area contributed by atoms with Crippen molar-refractivity contribution in [1.82, 2.24) is 4.98 Å². The zero-order valence-corrected chi connectivity index (χ0v) is 11.1. The molecule has 0 spiro atoms. The fraction of sp³-hybridized carbons (Fsp3) is 0.357. The minimum absolute atomic E-state index is 0.538. The van der Waals surface area contributed by atoms with E-state index in [0.717, 1.165) is 21.6 Å². The number of hydrogen-bond acceptors (Lipinski definition) is 2. The fourth-order valence-corrected chi connectivity index (χ4v) is 2.83. The van der Waals surface area contributed by atoms with Crippen molar-refractivity contribution >= 4 is 15.9 Å². The molecular formula is C14H14BrNO. The van der Waals surface area contributed by atoms with Gasteiger partial charge in [0, 0.05) is 16.0 Å². The van der Waals surface area contributed by atoms with Crippen molar-refractivity contribution < 1.29 is 4.42 Å². The van der Waals surface area contributed by atoms with Crippen LogP contribution in [0.25, 0.3) is 11.3 Å². The molecule has 3 heteroatoms. The van der Waals surface area contributed by atoms with E-state index >= 15 is 0 Å². The van der Waals surface area contributed by atoms with Crippen LogP contribution in [-0.4, -0.2) is 4.98 Å². The molecule has 1 fully saturated rings. The third-order valence-electron chi connectivity index (χ3n) is 3.35. The molecule has 3 rings (SSSR count). The van der Waals surface area contributed by atoms with Crippen molar-refractivity contribution in [3.63, 3.8) is 0 Å². The van der Waals surface area contributed by atoms with Crippen LogP contribution < -0.4 is 0 Å². The van der Waals surface area contributed by atoms with Crippen LogP contribution in [0.15, 0.2) is 39.4 Å². The third kappa shape index (κ3) is 2.29. The number of oxazole rings is 1. The average Bonchev–Trinajstić information content (AvgIpc) is 3.00. The van der Waals surface area contributed by atoms with Gasteiger partial charge >= 0.3 is 0 Å². The summed E-state index contributed by atoms with van der Waals surface area (Å²) >= 11 is 3.47. The van der Waals surface area contributed by atoms with Crippen LogP contribution in [0.5, 0.6) is 0 Å². The van der Waals surface area contributed by atoms with Gasteiger partial charge in [-0.2, -0.15) is 0 Å². The standard InChI is InChI=1S/C14H14BrNO/c15-12-7-3-6-11(8-12)13-9-17-14(16-13)10-4-1-2-5-10/h3,6-10H,1-2,4-5H2. The highest BCUT2D eigenvalue weighted by molar-refractivity contribution is 9.10. The topological polar surface area (TPSA) is 26.0 Å². The van der Waals surface area contributed by atoms with Gasteiger partial charge in [0.15, 0.2) is 5.89 Å². The van der Waals surface area contributed by atoms with E-state index in [1.807, 2.05) is 12.1 Å². The third-order valence-corrected chi connectivity index (χ3v) is 3.84. The van der Waals surface area contributed by atoms with E-state index in [-0.39, 0.29) is 0 Å². The summed E-state index contributed by atoms with van der Waals surface area (Å²) in [7, 11) is 0. The van der Waals surface area contributed by atoms with Crippen LogP contribution in [0, 0.1) is 0 Å². The lowest BCUT2D eigenvalue weighted by atomic mass is 10.1. The number of benzene rings is 1. The highest BCUT2D eigenvalue weighted by Crippen LogP contribution is 2.34. The first-order valence-corrected chi connectivity index (χ1v) is 6.83. The molecule has 88 valence electrons. The number of rotatable bonds is 2. The number of nitrogens with zero attached hydrogens (tertiary/aromatic N) is 1. The van der Waals surface area contributed by atoms with Crippen molar-refractivity contribution in [2.45, 2.75) is 31.6 Å². The van der Waals surface area contributed by atoms with E-state index in [4.69, 9.17) is 4.42 Å². The SMILES string of the molecule is Brc1cccc(-c2coc(C3CCCC3)n2)c1. The zero-order valence-electron chi connectivity index (χ0n) is 9.53. The first-order chi connectivity index (χ1) is 8.33. The Bertz CT molecular complexity index is 514. The lowest BCUT2D eigenvalue weighted by molar-refractivity contribution is 0.448. The van der Waals surface area contributed by atoms with E-state index in [9.17, 15) is 0 Å². The second kappa shape index (κ2) is 4.65. The van der Waals surface area contributed by atoms with Crippen molar-refractivity contribution in [2.24, 2.45) is 0 Å². The van der Waals surface area contributed by atoms with Crippen molar-refractivity contribution in [1.29, 1.82) is 0 Å². The van der Waals surface area contributed by atoms with E-state index in [1.165, 1.54) is 25.7 Å². The fourth-order valence-electron chi connectivity index (χ4n) is 2.43. The summed E-state index contributed by atoms with van der Waals surface area (Å²) in [5.74, 6) is 1.45. The van der Waals surface area contributed by atoms with E-state index in [1.54, 1.807) is 6.26 Å². The Hall–Kier alpha value is -1.09. The van der Waals surface area contributed by atoms with Gasteiger partial charge in [0.25, 0.3) is 0 Å². The smallest absolute Gasteiger partial charge is 0.197 e. The molecule has 0 unspecified atom stereocenters. The first kappa shape index (κ1) is 11.0. The highest BCUT2D eigenvalue weighted by atomic mass is 79.9. The molecule has 0 radical (unpaired) electrons. The largest absolute Gasteiger partial charge is 0.448 e. The maximum absolute atomic E-state index is 5.62. The zero-order chi connectivity index (χ0) is 11.7. The Morgan fingerprint density at radius 2 is 2.06 bits per heavy atom. The van der Waals surface area contributed by atoms with Crippen LogP contribution in [-0.2, 0) is 0 Å².